The van der Waals surface area contributed by atoms with Crippen molar-refractivity contribution >= 4 is 11.9 Å². The number of urea groups is 1. The van der Waals surface area contributed by atoms with Gasteiger partial charge in [-0.15, -0.1) is 0 Å². The van der Waals surface area contributed by atoms with Gasteiger partial charge < -0.3 is 5.73 Å². The van der Waals surface area contributed by atoms with Crippen LogP contribution in [-0.4, -0.2) is 11.9 Å². The summed E-state index contributed by atoms with van der Waals surface area (Å²) in [6.45, 7) is 2.18. The Kier molecular flexibility index (Phi) is 3.28. The molecule has 1 rings (SSSR count). The van der Waals surface area contributed by atoms with Gasteiger partial charge in [0.15, 0.2) is 0 Å². The Morgan fingerprint density at radius 2 is 1.77 bits per heavy atom. The Morgan fingerprint density at radius 3 is 2.23 bits per heavy atom. The Balaban J connectivity index is 2.36. The monoisotopic (exact) mass is 184 g/mol. The number of primary amides is 1. The Morgan fingerprint density at radius 1 is 1.23 bits per heavy atom. The zero-order chi connectivity index (χ0) is 9.84. The first kappa shape index (κ1) is 10.0. The third-order valence-corrected chi connectivity index (χ3v) is 2.63. The van der Waals surface area contributed by atoms with E-state index in [1.807, 2.05) is 0 Å². The van der Waals surface area contributed by atoms with Gasteiger partial charge in [-0.2, -0.15) is 0 Å². The second kappa shape index (κ2) is 4.25. The van der Waals surface area contributed by atoms with Crippen LogP contribution in [0.2, 0.25) is 0 Å². The van der Waals surface area contributed by atoms with Crippen molar-refractivity contribution in [1.29, 1.82) is 0 Å². The molecule has 4 heteroatoms. The lowest BCUT2D eigenvalue weighted by Gasteiger charge is -2.24. The first-order valence-electron chi connectivity index (χ1n) is 4.70. The fourth-order valence-corrected chi connectivity index (χ4v) is 1.75. The van der Waals surface area contributed by atoms with Gasteiger partial charge in [0.05, 0.1) is 0 Å². The molecule has 1 fully saturated rings. The molecule has 0 unspecified atom stereocenters. The molecule has 0 aromatic heterocycles. The minimum atomic E-state index is -0.747. The van der Waals surface area contributed by atoms with Crippen LogP contribution < -0.4 is 11.1 Å². The normalized spacial score (nSPS) is 28.1. The summed E-state index contributed by atoms with van der Waals surface area (Å²) in [5.41, 5.74) is 4.86. The molecule has 0 spiro atoms. The molecule has 1 aliphatic rings. The highest BCUT2D eigenvalue weighted by atomic mass is 16.2. The number of nitrogens with one attached hydrogen (secondary N) is 1. The molecule has 0 aromatic carbocycles. The molecule has 13 heavy (non-hydrogen) atoms. The van der Waals surface area contributed by atoms with E-state index in [1.165, 1.54) is 0 Å². The van der Waals surface area contributed by atoms with Crippen molar-refractivity contribution in [3.63, 3.8) is 0 Å². The number of amides is 3. The maximum Gasteiger partial charge on any atom is 0.318 e. The van der Waals surface area contributed by atoms with Crippen LogP contribution in [-0.2, 0) is 4.79 Å². The average molecular weight is 184 g/mol. The standard InChI is InChI=1S/C9H16N2O2/c1-6-2-4-7(5-3-6)8(12)11-9(10)13/h6-7H,2-5H2,1H3,(H3,10,11,12,13). The summed E-state index contributed by atoms with van der Waals surface area (Å²) in [4.78, 5) is 21.7. The molecule has 0 atom stereocenters. The van der Waals surface area contributed by atoms with Gasteiger partial charge in [0.25, 0.3) is 0 Å². The molecule has 3 N–H and O–H groups in total. The Labute approximate surface area is 77.9 Å². The van der Waals surface area contributed by atoms with Gasteiger partial charge in [-0.25, -0.2) is 4.79 Å². The molecule has 1 saturated carbocycles. The predicted octanol–water partition coefficient (Wildman–Crippen LogP) is 1.01. The minimum Gasteiger partial charge on any atom is -0.351 e. The van der Waals surface area contributed by atoms with E-state index in [9.17, 15) is 9.59 Å². The number of imide groups is 1. The first-order valence-corrected chi connectivity index (χ1v) is 4.70. The summed E-state index contributed by atoms with van der Waals surface area (Å²) >= 11 is 0. The van der Waals surface area contributed by atoms with Crippen LogP contribution in [0, 0.1) is 11.8 Å². The van der Waals surface area contributed by atoms with Crippen LogP contribution in [0.3, 0.4) is 0 Å². The number of carbonyl (C=O) groups is 2. The third kappa shape index (κ3) is 3.05. The van der Waals surface area contributed by atoms with E-state index in [4.69, 9.17) is 5.73 Å². The van der Waals surface area contributed by atoms with Crippen molar-refractivity contribution in [3.05, 3.63) is 0 Å². The van der Waals surface area contributed by atoms with Crippen molar-refractivity contribution in [1.82, 2.24) is 5.32 Å². The Hall–Kier alpha value is -1.06. The van der Waals surface area contributed by atoms with Crippen LogP contribution in [0.15, 0.2) is 0 Å². The quantitative estimate of drug-likeness (QED) is 0.638. The smallest absolute Gasteiger partial charge is 0.318 e. The molecule has 0 saturated heterocycles. The predicted molar refractivity (Wildman–Crippen MR) is 48.8 cm³/mol. The summed E-state index contributed by atoms with van der Waals surface area (Å²) < 4.78 is 0. The maximum atomic E-state index is 11.3. The van der Waals surface area contributed by atoms with E-state index in [2.05, 4.69) is 12.2 Å². The van der Waals surface area contributed by atoms with E-state index in [0.717, 1.165) is 25.7 Å². The van der Waals surface area contributed by atoms with Crippen molar-refractivity contribution in [2.45, 2.75) is 32.6 Å². The van der Waals surface area contributed by atoms with Crippen LogP contribution in [0.4, 0.5) is 4.79 Å². The highest BCUT2D eigenvalue weighted by Gasteiger charge is 2.24. The summed E-state index contributed by atoms with van der Waals surface area (Å²) in [7, 11) is 0. The summed E-state index contributed by atoms with van der Waals surface area (Å²) in [6.07, 6.45) is 3.88. The van der Waals surface area contributed by atoms with E-state index < -0.39 is 6.03 Å². The lowest BCUT2D eigenvalue weighted by atomic mass is 9.82. The van der Waals surface area contributed by atoms with Crippen LogP contribution >= 0.6 is 0 Å². The van der Waals surface area contributed by atoms with Crippen molar-refractivity contribution < 1.29 is 9.59 Å². The number of rotatable bonds is 1. The molecule has 3 amide bonds. The van der Waals surface area contributed by atoms with Crippen molar-refractivity contribution in [2.75, 3.05) is 0 Å². The van der Waals surface area contributed by atoms with E-state index >= 15 is 0 Å². The average Bonchev–Trinajstić information content (AvgIpc) is 2.04. The first-order chi connectivity index (χ1) is 6.09. The van der Waals surface area contributed by atoms with Gasteiger partial charge in [0, 0.05) is 5.92 Å². The lowest BCUT2D eigenvalue weighted by molar-refractivity contribution is -0.124. The Bertz CT molecular complexity index is 208. The van der Waals surface area contributed by atoms with Crippen LogP contribution in [0.5, 0.6) is 0 Å². The zero-order valence-corrected chi connectivity index (χ0v) is 7.88. The molecular weight excluding hydrogens is 168 g/mol. The fraction of sp³-hybridized carbons (Fsp3) is 0.778. The lowest BCUT2D eigenvalue weighted by Crippen LogP contribution is -2.40. The van der Waals surface area contributed by atoms with Crippen LogP contribution in [0.25, 0.3) is 0 Å². The molecule has 0 bridgehead atoms. The highest BCUT2D eigenvalue weighted by Crippen LogP contribution is 2.28. The van der Waals surface area contributed by atoms with Gasteiger partial charge in [-0.1, -0.05) is 6.92 Å². The maximum absolute atomic E-state index is 11.3. The summed E-state index contributed by atoms with van der Waals surface area (Å²) in [5.74, 6) is 0.487. The van der Waals surface area contributed by atoms with Gasteiger partial charge in [-0.05, 0) is 31.6 Å². The van der Waals surface area contributed by atoms with Gasteiger partial charge in [-0.3, -0.25) is 10.1 Å². The van der Waals surface area contributed by atoms with E-state index in [-0.39, 0.29) is 11.8 Å². The van der Waals surface area contributed by atoms with Gasteiger partial charge >= 0.3 is 6.03 Å². The van der Waals surface area contributed by atoms with Crippen molar-refractivity contribution in [3.8, 4) is 0 Å². The molecule has 4 nitrogen and oxygen atoms in total. The molecular formula is C9H16N2O2. The molecule has 1 aliphatic carbocycles. The number of carbonyl (C=O) groups excluding carboxylic acids is 2. The number of hydrogen-bond donors (Lipinski definition) is 2. The third-order valence-electron chi connectivity index (χ3n) is 2.63. The molecule has 0 heterocycles. The van der Waals surface area contributed by atoms with Gasteiger partial charge in [0.1, 0.15) is 0 Å². The number of hydrogen-bond acceptors (Lipinski definition) is 2. The summed E-state index contributed by atoms with van der Waals surface area (Å²) in [5, 5.41) is 2.13. The van der Waals surface area contributed by atoms with Crippen molar-refractivity contribution in [2.24, 2.45) is 17.6 Å². The second-order valence-corrected chi connectivity index (χ2v) is 3.81. The van der Waals surface area contributed by atoms with E-state index in [1.54, 1.807) is 0 Å². The molecule has 0 radical (unpaired) electrons. The van der Waals surface area contributed by atoms with Gasteiger partial charge in [0.2, 0.25) is 5.91 Å². The van der Waals surface area contributed by atoms with Crippen LogP contribution in [0.1, 0.15) is 32.6 Å². The molecule has 0 aliphatic heterocycles. The molecule has 74 valence electrons. The largest absolute Gasteiger partial charge is 0.351 e. The number of nitrogens with two attached hydrogens (primary N) is 1. The zero-order valence-electron chi connectivity index (χ0n) is 7.88. The second-order valence-electron chi connectivity index (χ2n) is 3.81. The topological polar surface area (TPSA) is 72.2 Å². The molecule has 0 aromatic rings. The fourth-order valence-electron chi connectivity index (χ4n) is 1.75. The highest BCUT2D eigenvalue weighted by molar-refractivity contribution is 5.94. The minimum absolute atomic E-state index is 0.0105. The summed E-state index contributed by atoms with van der Waals surface area (Å²) in [6, 6.07) is -0.747. The SMILES string of the molecule is CC1CCC(C(=O)NC(N)=O)CC1. The van der Waals surface area contributed by atoms with E-state index in [0.29, 0.717) is 5.92 Å².